The fourth-order valence-electron chi connectivity index (χ4n) is 3.81. The van der Waals surface area contributed by atoms with Crippen LogP contribution >= 0.6 is 24.0 Å². The van der Waals surface area contributed by atoms with Crippen molar-refractivity contribution in [3.8, 4) is 0 Å². The van der Waals surface area contributed by atoms with Crippen LogP contribution in [0.5, 0.6) is 0 Å². The van der Waals surface area contributed by atoms with Crippen molar-refractivity contribution >= 4 is 29.9 Å². The Balaban J connectivity index is 0.00000300. The molecule has 2 aliphatic rings. The van der Waals surface area contributed by atoms with Crippen LogP contribution in [0.1, 0.15) is 31.4 Å². The highest BCUT2D eigenvalue weighted by Gasteiger charge is 2.22. The normalized spacial score (nSPS) is 21.2. The van der Waals surface area contributed by atoms with Gasteiger partial charge >= 0.3 is 0 Å². The van der Waals surface area contributed by atoms with E-state index in [-0.39, 0.29) is 24.0 Å². The average Bonchev–Trinajstić information content (AvgIpc) is 2.95. The zero-order chi connectivity index (χ0) is 19.8. The predicted molar refractivity (Wildman–Crippen MR) is 126 cm³/mol. The molecule has 9 nitrogen and oxygen atoms in total. The van der Waals surface area contributed by atoms with Crippen molar-refractivity contribution < 1.29 is 4.74 Å². The maximum atomic E-state index is 5.15. The number of aryl methyl sites for hydroxylation is 1. The van der Waals surface area contributed by atoms with Gasteiger partial charge in [0.15, 0.2) is 11.8 Å². The molecule has 1 saturated heterocycles. The van der Waals surface area contributed by atoms with Crippen molar-refractivity contribution in [2.75, 3.05) is 60.0 Å². The first-order chi connectivity index (χ1) is 13.7. The molecule has 3 rings (SSSR count). The highest BCUT2D eigenvalue weighted by Crippen LogP contribution is 2.13. The summed E-state index contributed by atoms with van der Waals surface area (Å²) in [6.45, 7) is 10.7. The molecule has 0 aromatic carbocycles. The van der Waals surface area contributed by atoms with Crippen LogP contribution < -0.4 is 10.6 Å². The molecule has 0 bridgehead atoms. The molecule has 0 saturated carbocycles. The Morgan fingerprint density at radius 3 is 2.93 bits per heavy atom. The standard InChI is InChI=1S/C19H36N8O.HI/c1-4-20-19(21-8-11-26-10-5-9-25(2)12-13-26)22-16-6-7-18-23-17(15-28-3)24-27(18)14-16;/h16H,4-15H2,1-3H3,(H2,20,21,22);1H. The minimum atomic E-state index is 0. The van der Waals surface area contributed by atoms with Gasteiger partial charge in [-0.05, 0) is 39.9 Å². The molecule has 10 heteroatoms. The Morgan fingerprint density at radius 2 is 2.14 bits per heavy atom. The number of fused-ring (bicyclic) bond motifs is 1. The molecule has 1 atom stereocenters. The highest BCUT2D eigenvalue weighted by molar-refractivity contribution is 14.0. The summed E-state index contributed by atoms with van der Waals surface area (Å²) in [5, 5.41) is 11.5. The Morgan fingerprint density at radius 1 is 1.28 bits per heavy atom. The summed E-state index contributed by atoms with van der Waals surface area (Å²) in [6.07, 6.45) is 3.20. The van der Waals surface area contributed by atoms with Gasteiger partial charge in [0, 0.05) is 45.8 Å². The van der Waals surface area contributed by atoms with Crippen LogP contribution in [-0.2, 0) is 24.3 Å². The van der Waals surface area contributed by atoms with Crippen LogP contribution in [0.2, 0.25) is 0 Å². The van der Waals surface area contributed by atoms with E-state index in [0.29, 0.717) is 12.6 Å². The summed E-state index contributed by atoms with van der Waals surface area (Å²) in [6, 6.07) is 0.314. The number of aliphatic imine (C=N–C) groups is 1. The number of likely N-dealkylation sites (N-methyl/N-ethyl adjacent to an activating group) is 1. The molecule has 29 heavy (non-hydrogen) atoms. The monoisotopic (exact) mass is 520 g/mol. The van der Waals surface area contributed by atoms with E-state index in [4.69, 9.17) is 9.73 Å². The lowest BCUT2D eigenvalue weighted by atomic mass is 10.1. The van der Waals surface area contributed by atoms with Crippen LogP contribution in [0, 0.1) is 0 Å². The van der Waals surface area contributed by atoms with Crippen molar-refractivity contribution in [1.82, 2.24) is 35.2 Å². The number of nitrogens with zero attached hydrogens (tertiary/aromatic N) is 6. The molecule has 166 valence electrons. The molecule has 1 aromatic rings. The van der Waals surface area contributed by atoms with E-state index in [1.54, 1.807) is 7.11 Å². The van der Waals surface area contributed by atoms with E-state index < -0.39 is 0 Å². The number of nitrogens with one attached hydrogen (secondary N) is 2. The van der Waals surface area contributed by atoms with Crippen LogP contribution in [0.4, 0.5) is 0 Å². The average molecular weight is 520 g/mol. The second-order valence-corrected chi connectivity index (χ2v) is 7.70. The number of hydrogen-bond acceptors (Lipinski definition) is 6. The molecule has 2 N–H and O–H groups in total. The van der Waals surface area contributed by atoms with E-state index in [9.17, 15) is 0 Å². The second kappa shape index (κ2) is 12.7. The minimum Gasteiger partial charge on any atom is -0.377 e. The van der Waals surface area contributed by atoms with Crippen molar-refractivity contribution in [3.05, 3.63) is 11.6 Å². The summed E-state index contributed by atoms with van der Waals surface area (Å²) >= 11 is 0. The van der Waals surface area contributed by atoms with Gasteiger partial charge in [0.25, 0.3) is 0 Å². The Hall–Kier alpha value is -0.980. The quantitative estimate of drug-likeness (QED) is 0.309. The number of rotatable bonds is 7. The van der Waals surface area contributed by atoms with Crippen LogP contribution in [0.15, 0.2) is 4.99 Å². The first kappa shape index (κ1) is 24.3. The van der Waals surface area contributed by atoms with Crippen molar-refractivity contribution in [3.63, 3.8) is 0 Å². The van der Waals surface area contributed by atoms with E-state index in [2.05, 4.69) is 44.5 Å². The van der Waals surface area contributed by atoms with Crippen LogP contribution in [0.3, 0.4) is 0 Å². The third kappa shape index (κ3) is 7.65. The summed E-state index contributed by atoms with van der Waals surface area (Å²) in [5.41, 5.74) is 0. The molecule has 1 aromatic heterocycles. The van der Waals surface area contributed by atoms with Gasteiger partial charge in [-0.1, -0.05) is 0 Å². The number of hydrogen-bond donors (Lipinski definition) is 2. The second-order valence-electron chi connectivity index (χ2n) is 7.70. The van der Waals surface area contributed by atoms with Gasteiger partial charge in [-0.15, -0.1) is 24.0 Å². The largest absolute Gasteiger partial charge is 0.377 e. The number of aromatic nitrogens is 3. The van der Waals surface area contributed by atoms with E-state index >= 15 is 0 Å². The summed E-state index contributed by atoms with van der Waals surface area (Å²) < 4.78 is 7.15. The van der Waals surface area contributed by atoms with E-state index in [1.165, 1.54) is 19.5 Å². The molecule has 2 aliphatic heterocycles. The van der Waals surface area contributed by atoms with E-state index in [0.717, 1.165) is 69.7 Å². The molecule has 1 unspecified atom stereocenters. The van der Waals surface area contributed by atoms with Gasteiger partial charge < -0.3 is 25.2 Å². The lowest BCUT2D eigenvalue weighted by Crippen LogP contribution is -2.47. The summed E-state index contributed by atoms with van der Waals surface area (Å²) in [5.74, 6) is 2.72. The molecule has 1 fully saturated rings. The number of ether oxygens (including phenoxy) is 1. The Kier molecular flexibility index (Phi) is 10.6. The third-order valence-corrected chi connectivity index (χ3v) is 5.36. The Labute approximate surface area is 191 Å². The van der Waals surface area contributed by atoms with E-state index in [1.807, 2.05) is 4.68 Å². The van der Waals surface area contributed by atoms with Crippen LogP contribution in [-0.4, -0.2) is 96.5 Å². The van der Waals surface area contributed by atoms with Gasteiger partial charge in [0.2, 0.25) is 0 Å². The van der Waals surface area contributed by atoms with Gasteiger partial charge in [0.05, 0.1) is 13.1 Å². The maximum Gasteiger partial charge on any atom is 0.191 e. The topological polar surface area (TPSA) is 82.8 Å². The molecule has 0 spiro atoms. The zero-order valence-corrected chi connectivity index (χ0v) is 20.4. The third-order valence-electron chi connectivity index (χ3n) is 5.36. The fourth-order valence-corrected chi connectivity index (χ4v) is 3.81. The number of guanidine groups is 1. The SMILES string of the molecule is CCNC(=NCCN1CCCN(C)CC1)NC1CCc2nc(COC)nn2C1.I. The molecule has 0 aliphatic carbocycles. The van der Waals surface area contributed by atoms with Gasteiger partial charge in [-0.25, -0.2) is 9.67 Å². The fraction of sp³-hybridized carbons (Fsp3) is 0.842. The van der Waals surface area contributed by atoms with Gasteiger partial charge in [0.1, 0.15) is 12.4 Å². The first-order valence-electron chi connectivity index (χ1n) is 10.5. The molecule has 0 amide bonds. The number of methoxy groups -OCH3 is 1. The smallest absolute Gasteiger partial charge is 0.191 e. The maximum absolute atomic E-state index is 5.15. The van der Waals surface area contributed by atoms with Crippen molar-refractivity contribution in [2.24, 2.45) is 4.99 Å². The van der Waals surface area contributed by atoms with Crippen molar-refractivity contribution in [1.29, 1.82) is 0 Å². The minimum absolute atomic E-state index is 0. The van der Waals surface area contributed by atoms with Gasteiger partial charge in [-0.3, -0.25) is 4.99 Å². The summed E-state index contributed by atoms with van der Waals surface area (Å²) in [7, 11) is 3.88. The number of halogens is 1. The lowest BCUT2D eigenvalue weighted by Gasteiger charge is -2.25. The Bertz CT molecular complexity index is 638. The summed E-state index contributed by atoms with van der Waals surface area (Å²) in [4.78, 5) is 14.3. The first-order valence-corrected chi connectivity index (χ1v) is 10.5. The highest BCUT2D eigenvalue weighted by atomic mass is 127. The molecule has 0 radical (unpaired) electrons. The molecule has 3 heterocycles. The zero-order valence-electron chi connectivity index (χ0n) is 18.1. The van der Waals surface area contributed by atoms with Crippen molar-refractivity contribution in [2.45, 2.75) is 45.4 Å². The molecular formula is C19H37IN8O. The molecular weight excluding hydrogens is 483 g/mol. The van der Waals surface area contributed by atoms with Crippen LogP contribution in [0.25, 0.3) is 0 Å². The lowest BCUT2D eigenvalue weighted by molar-refractivity contribution is 0.177. The predicted octanol–water partition coefficient (Wildman–Crippen LogP) is 0.550. The van der Waals surface area contributed by atoms with Gasteiger partial charge in [-0.2, -0.15) is 5.10 Å².